The van der Waals surface area contributed by atoms with Gasteiger partial charge in [-0.05, 0) is 49.1 Å². The van der Waals surface area contributed by atoms with Gasteiger partial charge in [0.1, 0.15) is 0 Å². The van der Waals surface area contributed by atoms with Gasteiger partial charge >= 0.3 is 0 Å². The number of H-pyrrole nitrogens is 1. The number of hydrogen-bond donors (Lipinski definition) is 3. The van der Waals surface area contributed by atoms with Gasteiger partial charge in [-0.25, -0.2) is 0 Å². The van der Waals surface area contributed by atoms with Gasteiger partial charge < -0.3 is 20.4 Å². The number of nitrogens with one attached hydrogen (secondary N) is 3. The number of nitrogens with zero attached hydrogens (tertiary/aromatic N) is 1. The molecule has 3 rings (SSSR count). The summed E-state index contributed by atoms with van der Waals surface area (Å²) < 4.78 is 5.62. The first-order valence-corrected chi connectivity index (χ1v) is 10.3. The first-order chi connectivity index (χ1) is 13.2. The Morgan fingerprint density at radius 3 is 2.78 bits per heavy atom. The fourth-order valence-electron chi connectivity index (χ4n) is 4.15. The van der Waals surface area contributed by atoms with Gasteiger partial charge in [-0.3, -0.25) is 4.99 Å². The van der Waals surface area contributed by atoms with Crippen LogP contribution in [0.1, 0.15) is 44.7 Å². The van der Waals surface area contributed by atoms with E-state index in [1.54, 1.807) is 0 Å². The number of benzene rings is 1. The molecule has 2 aromatic rings. The zero-order valence-electron chi connectivity index (χ0n) is 16.8. The van der Waals surface area contributed by atoms with Gasteiger partial charge in [-0.15, -0.1) is 0 Å². The molecule has 1 aliphatic carbocycles. The Kier molecular flexibility index (Phi) is 7.16. The molecule has 0 spiro atoms. The molecule has 0 atom stereocenters. The summed E-state index contributed by atoms with van der Waals surface area (Å²) in [5.74, 6) is 0.897. The predicted octanol–water partition coefficient (Wildman–Crippen LogP) is 3.86. The summed E-state index contributed by atoms with van der Waals surface area (Å²) in [6.07, 6.45) is 7.34. The highest BCUT2D eigenvalue weighted by Gasteiger charge is 2.33. The van der Waals surface area contributed by atoms with Crippen LogP contribution < -0.4 is 10.6 Å². The van der Waals surface area contributed by atoms with Gasteiger partial charge in [0, 0.05) is 51.0 Å². The van der Waals surface area contributed by atoms with Crippen LogP contribution in [0.25, 0.3) is 10.9 Å². The average Bonchev–Trinajstić information content (AvgIpc) is 3.31. The Balaban J connectivity index is 1.45. The van der Waals surface area contributed by atoms with Crippen molar-refractivity contribution in [2.45, 2.75) is 45.4 Å². The minimum Gasteiger partial charge on any atom is -0.382 e. The Morgan fingerprint density at radius 2 is 2.04 bits per heavy atom. The Labute approximate surface area is 163 Å². The Morgan fingerprint density at radius 1 is 1.22 bits per heavy atom. The normalized spacial score (nSPS) is 16.7. The molecule has 1 aromatic carbocycles. The summed E-state index contributed by atoms with van der Waals surface area (Å²) in [4.78, 5) is 7.89. The summed E-state index contributed by atoms with van der Waals surface area (Å²) in [5, 5.41) is 8.29. The van der Waals surface area contributed by atoms with Crippen LogP contribution in [-0.2, 0) is 11.2 Å². The lowest BCUT2D eigenvalue weighted by atomic mass is 9.83. The van der Waals surface area contributed by atoms with E-state index in [9.17, 15) is 0 Å². The number of rotatable bonds is 9. The molecule has 5 nitrogen and oxygen atoms in total. The van der Waals surface area contributed by atoms with E-state index in [-0.39, 0.29) is 0 Å². The predicted molar refractivity (Wildman–Crippen MR) is 113 cm³/mol. The fraction of sp³-hybridized carbons (Fsp3) is 0.591. The van der Waals surface area contributed by atoms with Gasteiger partial charge in [-0.2, -0.15) is 0 Å². The first-order valence-electron chi connectivity index (χ1n) is 10.3. The van der Waals surface area contributed by atoms with Crippen LogP contribution in [0, 0.1) is 5.41 Å². The summed E-state index contributed by atoms with van der Waals surface area (Å²) in [6, 6.07) is 10.6. The van der Waals surface area contributed by atoms with E-state index in [2.05, 4.69) is 57.9 Å². The second kappa shape index (κ2) is 9.79. The second-order valence-electron chi connectivity index (χ2n) is 7.64. The van der Waals surface area contributed by atoms with Crippen LogP contribution in [0.2, 0.25) is 0 Å². The number of ether oxygens (including phenoxy) is 1. The average molecular weight is 371 g/mol. The maximum atomic E-state index is 5.62. The smallest absolute Gasteiger partial charge is 0.191 e. The lowest BCUT2D eigenvalue weighted by Crippen LogP contribution is -2.44. The molecule has 5 heteroatoms. The van der Waals surface area contributed by atoms with Crippen molar-refractivity contribution in [3.05, 3.63) is 36.0 Å². The van der Waals surface area contributed by atoms with Crippen LogP contribution in [0.3, 0.4) is 0 Å². The third-order valence-corrected chi connectivity index (χ3v) is 5.77. The van der Waals surface area contributed by atoms with Crippen molar-refractivity contribution in [2.75, 3.05) is 33.4 Å². The zero-order valence-corrected chi connectivity index (χ0v) is 16.8. The van der Waals surface area contributed by atoms with Crippen molar-refractivity contribution in [2.24, 2.45) is 10.4 Å². The molecule has 0 radical (unpaired) electrons. The molecule has 27 heavy (non-hydrogen) atoms. The second-order valence-corrected chi connectivity index (χ2v) is 7.64. The molecule has 0 amide bonds. The molecule has 1 heterocycles. The summed E-state index contributed by atoms with van der Waals surface area (Å²) in [7, 11) is 1.85. The zero-order chi connectivity index (χ0) is 19.0. The fourth-order valence-corrected chi connectivity index (χ4v) is 4.15. The van der Waals surface area contributed by atoms with Crippen molar-refractivity contribution in [3.63, 3.8) is 0 Å². The quantitative estimate of drug-likeness (QED) is 0.357. The number of fused-ring (bicyclic) bond motifs is 1. The van der Waals surface area contributed by atoms with Gasteiger partial charge in [-0.1, -0.05) is 31.0 Å². The number of aliphatic imine (C=N–C) groups is 1. The number of para-hydroxylation sites is 1. The maximum absolute atomic E-state index is 5.62. The van der Waals surface area contributed by atoms with Crippen LogP contribution in [-0.4, -0.2) is 44.3 Å². The van der Waals surface area contributed by atoms with Gasteiger partial charge in [0.25, 0.3) is 0 Å². The van der Waals surface area contributed by atoms with Crippen molar-refractivity contribution in [1.29, 1.82) is 0 Å². The number of guanidine groups is 1. The van der Waals surface area contributed by atoms with E-state index < -0.39 is 0 Å². The Bertz CT molecular complexity index is 698. The molecular weight excluding hydrogens is 336 g/mol. The van der Waals surface area contributed by atoms with Crippen molar-refractivity contribution in [1.82, 2.24) is 15.6 Å². The largest absolute Gasteiger partial charge is 0.382 e. The van der Waals surface area contributed by atoms with Crippen LogP contribution in [0.15, 0.2) is 35.3 Å². The van der Waals surface area contributed by atoms with E-state index in [0.717, 1.165) is 45.1 Å². The standard InChI is InChI=1S/C22H34N4O/c1-3-27-15-13-22(11-6-7-12-22)17-25-21(23-2)24-14-10-19-16-18-8-4-5-9-20(18)26-19/h4-5,8-9,16,26H,3,6-7,10-15,17H2,1-2H3,(H2,23,24,25). The number of aromatic nitrogens is 1. The maximum Gasteiger partial charge on any atom is 0.191 e. The summed E-state index contributed by atoms with van der Waals surface area (Å²) in [5.41, 5.74) is 2.82. The monoisotopic (exact) mass is 370 g/mol. The van der Waals surface area contributed by atoms with Crippen molar-refractivity contribution < 1.29 is 4.74 Å². The minimum absolute atomic E-state index is 0.365. The molecule has 148 valence electrons. The number of hydrogen-bond acceptors (Lipinski definition) is 2. The molecule has 1 saturated carbocycles. The lowest BCUT2D eigenvalue weighted by molar-refractivity contribution is 0.105. The lowest BCUT2D eigenvalue weighted by Gasteiger charge is -2.30. The third kappa shape index (κ3) is 5.48. The highest BCUT2D eigenvalue weighted by Crippen LogP contribution is 2.40. The molecule has 0 bridgehead atoms. The molecule has 0 saturated heterocycles. The van der Waals surface area contributed by atoms with Gasteiger partial charge in [0.15, 0.2) is 5.96 Å². The third-order valence-electron chi connectivity index (χ3n) is 5.77. The van der Waals surface area contributed by atoms with E-state index >= 15 is 0 Å². The van der Waals surface area contributed by atoms with Crippen molar-refractivity contribution >= 4 is 16.9 Å². The molecule has 0 unspecified atom stereocenters. The molecule has 1 aromatic heterocycles. The van der Waals surface area contributed by atoms with Crippen LogP contribution >= 0.6 is 0 Å². The SMILES string of the molecule is CCOCCC1(CNC(=NC)NCCc2cc3ccccc3[nH]2)CCCC1. The van der Waals surface area contributed by atoms with E-state index in [1.165, 1.54) is 42.3 Å². The minimum atomic E-state index is 0.365. The molecule has 1 aliphatic rings. The Hall–Kier alpha value is -2.01. The van der Waals surface area contributed by atoms with Crippen molar-refractivity contribution in [3.8, 4) is 0 Å². The first kappa shape index (κ1) is 19.7. The molecule has 0 aliphatic heterocycles. The van der Waals surface area contributed by atoms with E-state index in [1.807, 2.05) is 7.05 Å². The molecule has 3 N–H and O–H groups in total. The van der Waals surface area contributed by atoms with Gasteiger partial charge in [0.2, 0.25) is 0 Å². The molecular formula is C22H34N4O. The summed E-state index contributed by atoms with van der Waals surface area (Å²) in [6.45, 7) is 5.58. The summed E-state index contributed by atoms with van der Waals surface area (Å²) >= 11 is 0. The topological polar surface area (TPSA) is 61.4 Å². The highest BCUT2D eigenvalue weighted by molar-refractivity contribution is 5.81. The molecule has 1 fully saturated rings. The van der Waals surface area contributed by atoms with Gasteiger partial charge in [0.05, 0.1) is 0 Å². The highest BCUT2D eigenvalue weighted by atomic mass is 16.5. The van der Waals surface area contributed by atoms with E-state index in [0.29, 0.717) is 5.41 Å². The van der Waals surface area contributed by atoms with Crippen LogP contribution in [0.4, 0.5) is 0 Å². The van der Waals surface area contributed by atoms with E-state index in [4.69, 9.17) is 4.74 Å². The number of aromatic amines is 1. The van der Waals surface area contributed by atoms with Crippen LogP contribution in [0.5, 0.6) is 0 Å².